The van der Waals surface area contributed by atoms with E-state index in [-0.39, 0.29) is 11.9 Å². The van der Waals surface area contributed by atoms with Crippen LogP contribution >= 0.6 is 11.3 Å². The van der Waals surface area contributed by atoms with Gasteiger partial charge in [0.1, 0.15) is 4.88 Å². The molecule has 1 aliphatic rings. The number of amides is 1. The highest BCUT2D eigenvalue weighted by molar-refractivity contribution is 7.19. The quantitative estimate of drug-likeness (QED) is 0.496. The molecule has 1 saturated heterocycles. The summed E-state index contributed by atoms with van der Waals surface area (Å²) in [5, 5.41) is 3.26. The number of nitrogens with zero attached hydrogens (tertiary/aromatic N) is 3. The van der Waals surface area contributed by atoms with E-state index in [0.717, 1.165) is 59.3 Å². The smallest absolute Gasteiger partial charge is 0.263 e. The summed E-state index contributed by atoms with van der Waals surface area (Å²) >= 11 is 1.47. The van der Waals surface area contributed by atoms with Crippen molar-refractivity contribution in [2.45, 2.75) is 32.4 Å². The SMILES string of the molecule is Cc1c(C(=O)NC2CCN(Cc3ccccc3)CC2)sc2nc(-c3ccccc3)cn12. The molecule has 5 nitrogen and oxygen atoms in total. The third-order valence-corrected chi connectivity index (χ3v) is 7.16. The fraction of sp³-hybridized carbons (Fsp3) is 0.280. The molecule has 2 aromatic heterocycles. The van der Waals surface area contributed by atoms with E-state index in [9.17, 15) is 4.79 Å². The van der Waals surface area contributed by atoms with Gasteiger partial charge in [0, 0.05) is 43.1 Å². The number of fused-ring (bicyclic) bond motifs is 1. The Balaban J connectivity index is 1.22. The van der Waals surface area contributed by atoms with Gasteiger partial charge in [-0.2, -0.15) is 0 Å². The number of carbonyl (C=O) groups is 1. The summed E-state index contributed by atoms with van der Waals surface area (Å²) in [6.07, 6.45) is 3.99. The summed E-state index contributed by atoms with van der Waals surface area (Å²) in [6, 6.07) is 20.9. The van der Waals surface area contributed by atoms with E-state index >= 15 is 0 Å². The molecular formula is C25H26N4OS. The van der Waals surface area contributed by atoms with Crippen molar-refractivity contribution in [2.24, 2.45) is 0 Å². The molecule has 0 saturated carbocycles. The van der Waals surface area contributed by atoms with Crippen molar-refractivity contribution in [3.8, 4) is 11.3 Å². The van der Waals surface area contributed by atoms with Crippen LogP contribution in [0.25, 0.3) is 16.2 Å². The van der Waals surface area contributed by atoms with Gasteiger partial charge in [-0.1, -0.05) is 72.0 Å². The number of hydrogen-bond donors (Lipinski definition) is 1. The summed E-state index contributed by atoms with van der Waals surface area (Å²) in [7, 11) is 0. The van der Waals surface area contributed by atoms with Gasteiger partial charge >= 0.3 is 0 Å². The highest BCUT2D eigenvalue weighted by atomic mass is 32.1. The molecule has 0 atom stereocenters. The standard InChI is InChI=1S/C25H26N4OS/c1-18-23(31-25-27-22(17-29(18)25)20-10-6-3-7-11-20)24(30)26-21-12-14-28(15-13-21)16-19-8-4-2-5-9-19/h2-11,17,21H,12-16H2,1H3,(H,26,30). The summed E-state index contributed by atoms with van der Waals surface area (Å²) in [5.41, 5.74) is 4.32. The number of aryl methyl sites for hydroxylation is 1. The van der Waals surface area contributed by atoms with Crippen LogP contribution in [0.4, 0.5) is 0 Å². The number of rotatable bonds is 5. The fourth-order valence-corrected chi connectivity index (χ4v) is 5.25. The van der Waals surface area contributed by atoms with Gasteiger partial charge in [-0.25, -0.2) is 4.98 Å². The van der Waals surface area contributed by atoms with Crippen LogP contribution in [-0.4, -0.2) is 39.3 Å². The maximum atomic E-state index is 13.0. The summed E-state index contributed by atoms with van der Waals surface area (Å²) in [6.45, 7) is 4.99. The second-order valence-corrected chi connectivity index (χ2v) is 9.15. The zero-order chi connectivity index (χ0) is 21.2. The van der Waals surface area contributed by atoms with Crippen LogP contribution in [0.1, 0.15) is 33.8 Å². The van der Waals surface area contributed by atoms with E-state index in [2.05, 4.69) is 52.7 Å². The first-order valence-electron chi connectivity index (χ1n) is 10.8. The second-order valence-electron chi connectivity index (χ2n) is 8.17. The van der Waals surface area contributed by atoms with Crippen LogP contribution < -0.4 is 5.32 Å². The minimum absolute atomic E-state index is 0.0239. The van der Waals surface area contributed by atoms with Crippen molar-refractivity contribution in [3.63, 3.8) is 0 Å². The van der Waals surface area contributed by atoms with Gasteiger partial charge in [-0.05, 0) is 25.3 Å². The molecule has 158 valence electrons. The second kappa shape index (κ2) is 8.65. The average Bonchev–Trinajstić information content (AvgIpc) is 3.36. The summed E-state index contributed by atoms with van der Waals surface area (Å²) < 4.78 is 2.03. The number of nitrogens with one attached hydrogen (secondary N) is 1. The molecular weight excluding hydrogens is 404 g/mol. The van der Waals surface area contributed by atoms with Crippen molar-refractivity contribution in [2.75, 3.05) is 13.1 Å². The molecule has 0 aliphatic carbocycles. The summed E-state index contributed by atoms with van der Waals surface area (Å²) in [4.78, 5) is 21.8. The van der Waals surface area contributed by atoms with Gasteiger partial charge in [0.15, 0.2) is 4.96 Å². The fourth-order valence-electron chi connectivity index (χ4n) is 4.24. The van der Waals surface area contributed by atoms with Crippen LogP contribution in [0.5, 0.6) is 0 Å². The van der Waals surface area contributed by atoms with Crippen LogP contribution in [0.3, 0.4) is 0 Å². The first-order valence-corrected chi connectivity index (χ1v) is 11.6. The zero-order valence-electron chi connectivity index (χ0n) is 17.6. The minimum atomic E-state index is 0.0239. The Kier molecular flexibility index (Phi) is 5.57. The molecule has 1 aliphatic heterocycles. The lowest BCUT2D eigenvalue weighted by atomic mass is 10.0. The average molecular weight is 431 g/mol. The Morgan fingerprint density at radius 1 is 1.06 bits per heavy atom. The van der Waals surface area contributed by atoms with E-state index < -0.39 is 0 Å². The predicted octanol–water partition coefficient (Wildman–Crippen LogP) is 4.77. The van der Waals surface area contributed by atoms with Crippen LogP contribution in [0, 0.1) is 6.92 Å². The van der Waals surface area contributed by atoms with Gasteiger partial charge in [0.05, 0.1) is 5.69 Å². The molecule has 2 aromatic carbocycles. The molecule has 6 heteroatoms. The maximum absolute atomic E-state index is 13.0. The normalized spacial score (nSPS) is 15.4. The molecule has 1 amide bonds. The molecule has 1 N–H and O–H groups in total. The third kappa shape index (κ3) is 4.27. The van der Waals surface area contributed by atoms with E-state index in [1.165, 1.54) is 16.9 Å². The van der Waals surface area contributed by atoms with Gasteiger partial charge in [-0.15, -0.1) is 0 Å². The maximum Gasteiger partial charge on any atom is 0.263 e. The number of hydrogen-bond acceptors (Lipinski definition) is 4. The van der Waals surface area contributed by atoms with Gasteiger partial charge in [0.2, 0.25) is 0 Å². The molecule has 1 fully saturated rings. The van der Waals surface area contributed by atoms with E-state index in [4.69, 9.17) is 4.98 Å². The summed E-state index contributed by atoms with van der Waals surface area (Å²) in [5.74, 6) is 0.0239. The van der Waals surface area contributed by atoms with Gasteiger partial charge < -0.3 is 5.32 Å². The monoisotopic (exact) mass is 430 g/mol. The topological polar surface area (TPSA) is 49.6 Å². The Morgan fingerprint density at radius 3 is 2.42 bits per heavy atom. The van der Waals surface area contributed by atoms with Gasteiger partial charge in [0.25, 0.3) is 5.91 Å². The molecule has 5 rings (SSSR count). The number of benzene rings is 2. The van der Waals surface area contributed by atoms with Crippen LogP contribution in [0.15, 0.2) is 66.9 Å². The van der Waals surface area contributed by atoms with Crippen molar-refractivity contribution in [3.05, 3.63) is 83.0 Å². The number of piperidine rings is 1. The molecule has 0 unspecified atom stereocenters. The first-order chi connectivity index (χ1) is 15.2. The largest absolute Gasteiger partial charge is 0.348 e. The Labute approximate surface area is 186 Å². The molecule has 31 heavy (non-hydrogen) atoms. The number of carbonyl (C=O) groups excluding carboxylic acids is 1. The van der Waals surface area contributed by atoms with Crippen LogP contribution in [-0.2, 0) is 6.54 Å². The number of thiazole rings is 1. The van der Waals surface area contributed by atoms with E-state index in [1.54, 1.807) is 0 Å². The van der Waals surface area contributed by atoms with Crippen molar-refractivity contribution in [1.82, 2.24) is 19.6 Å². The van der Waals surface area contributed by atoms with Crippen molar-refractivity contribution in [1.29, 1.82) is 0 Å². The number of likely N-dealkylation sites (tertiary alicyclic amines) is 1. The van der Waals surface area contributed by atoms with Gasteiger partial charge in [-0.3, -0.25) is 14.1 Å². The lowest BCUT2D eigenvalue weighted by molar-refractivity contribution is 0.0912. The van der Waals surface area contributed by atoms with Crippen molar-refractivity contribution < 1.29 is 4.79 Å². The Bertz CT molecular complexity index is 1170. The molecule has 0 spiro atoms. The first kappa shape index (κ1) is 20.0. The zero-order valence-corrected chi connectivity index (χ0v) is 18.4. The Morgan fingerprint density at radius 2 is 1.74 bits per heavy atom. The van der Waals surface area contributed by atoms with E-state index in [0.29, 0.717) is 0 Å². The van der Waals surface area contributed by atoms with Crippen molar-refractivity contribution >= 4 is 22.2 Å². The third-order valence-electron chi connectivity index (χ3n) is 6.00. The minimum Gasteiger partial charge on any atom is -0.348 e. The molecule has 0 radical (unpaired) electrons. The number of imidazole rings is 1. The Hall–Kier alpha value is -2.96. The lowest BCUT2D eigenvalue weighted by Crippen LogP contribution is -2.44. The highest BCUT2D eigenvalue weighted by Crippen LogP contribution is 2.27. The predicted molar refractivity (Wildman–Crippen MR) is 125 cm³/mol. The highest BCUT2D eigenvalue weighted by Gasteiger charge is 2.24. The molecule has 3 heterocycles. The van der Waals surface area contributed by atoms with E-state index in [1.807, 2.05) is 35.7 Å². The molecule has 4 aromatic rings. The lowest BCUT2D eigenvalue weighted by Gasteiger charge is -2.32. The molecule has 0 bridgehead atoms. The van der Waals surface area contributed by atoms with Crippen LogP contribution in [0.2, 0.25) is 0 Å². The number of aromatic nitrogens is 2.